The molecule has 2 rings (SSSR count). The first-order chi connectivity index (χ1) is 7.42. The van der Waals surface area contributed by atoms with Gasteiger partial charge in [0.15, 0.2) is 0 Å². The van der Waals surface area contributed by atoms with E-state index < -0.39 is 0 Å². The minimum atomic E-state index is 0.377. The third kappa shape index (κ3) is 2.37. The monoisotopic (exact) mass is 204 g/mol. The number of hydrogen-bond acceptors (Lipinski definition) is 3. The lowest BCUT2D eigenvalue weighted by atomic mass is 10.0. The highest BCUT2D eigenvalue weighted by Crippen LogP contribution is 2.27. The molecule has 4 nitrogen and oxygen atoms in total. The molecule has 4 heteroatoms. The first-order valence-corrected chi connectivity index (χ1v) is 5.40. The maximum atomic E-state index is 4.24. The number of likely N-dealkylation sites (tertiary alicyclic amines) is 1. The number of hydrogen-bond donors (Lipinski definition) is 1. The third-order valence-electron chi connectivity index (χ3n) is 2.82. The van der Waals surface area contributed by atoms with Crippen molar-refractivity contribution >= 4 is 0 Å². The summed E-state index contributed by atoms with van der Waals surface area (Å²) in [6, 6.07) is 0.377. The summed E-state index contributed by atoms with van der Waals surface area (Å²) >= 11 is 0. The van der Waals surface area contributed by atoms with Crippen molar-refractivity contribution in [2.75, 3.05) is 13.1 Å². The van der Waals surface area contributed by atoms with Crippen molar-refractivity contribution < 1.29 is 0 Å². The molecule has 1 fully saturated rings. The van der Waals surface area contributed by atoms with Crippen LogP contribution in [-0.2, 0) is 0 Å². The quantitative estimate of drug-likeness (QED) is 0.740. The predicted molar refractivity (Wildman–Crippen MR) is 58.0 cm³/mol. The smallest absolute Gasteiger partial charge is 0.141 e. The van der Waals surface area contributed by atoms with Gasteiger partial charge in [0.2, 0.25) is 0 Å². The second-order valence-corrected chi connectivity index (χ2v) is 3.78. The molecule has 0 amide bonds. The minimum absolute atomic E-state index is 0.377. The lowest BCUT2D eigenvalue weighted by molar-refractivity contribution is 0.162. The number of nitrogens with one attached hydrogen (secondary N) is 1. The summed E-state index contributed by atoms with van der Waals surface area (Å²) in [5, 5.41) is 6.88. The van der Waals surface area contributed by atoms with Gasteiger partial charge in [0.1, 0.15) is 12.2 Å². The average molecular weight is 204 g/mol. The number of nitrogens with zero attached hydrogens (tertiary/aromatic N) is 3. The highest BCUT2D eigenvalue weighted by molar-refractivity contribution is 5.02. The van der Waals surface area contributed by atoms with E-state index in [1.807, 2.05) is 6.92 Å². The van der Waals surface area contributed by atoms with Gasteiger partial charge in [-0.2, -0.15) is 5.10 Å². The van der Waals surface area contributed by atoms with Crippen molar-refractivity contribution in [3.05, 3.63) is 12.2 Å². The summed E-state index contributed by atoms with van der Waals surface area (Å²) in [6.07, 6.45) is 5.26. The van der Waals surface area contributed by atoms with Crippen molar-refractivity contribution in [3.8, 4) is 11.8 Å². The second kappa shape index (κ2) is 4.94. The molecule has 1 aromatic rings. The average Bonchev–Trinajstić information content (AvgIpc) is 2.80. The summed E-state index contributed by atoms with van der Waals surface area (Å²) in [4.78, 5) is 6.62. The Bertz CT molecular complexity index is 346. The number of aromatic amines is 1. The molecule has 15 heavy (non-hydrogen) atoms. The van der Waals surface area contributed by atoms with E-state index in [4.69, 9.17) is 0 Å². The van der Waals surface area contributed by atoms with E-state index in [-0.39, 0.29) is 0 Å². The largest absolute Gasteiger partial charge is 0.282 e. The van der Waals surface area contributed by atoms with Gasteiger partial charge in [0.25, 0.3) is 0 Å². The molecule has 1 atom stereocenters. The Morgan fingerprint density at radius 2 is 2.53 bits per heavy atom. The standard InChI is InChI=1S/C11H16N4/c1-2-3-7-15-8-5-4-6-10(15)11-12-9-13-14-11/h9-10H,4-8H2,1H3,(H,12,13,14)/t10-/m1/s1. The van der Waals surface area contributed by atoms with Crippen LogP contribution in [0.2, 0.25) is 0 Å². The van der Waals surface area contributed by atoms with E-state index in [2.05, 4.69) is 31.9 Å². The van der Waals surface area contributed by atoms with Crippen LogP contribution in [0.15, 0.2) is 6.33 Å². The topological polar surface area (TPSA) is 44.8 Å². The molecular formula is C11H16N4. The molecular weight excluding hydrogens is 188 g/mol. The molecule has 1 N–H and O–H groups in total. The van der Waals surface area contributed by atoms with Gasteiger partial charge in [-0.05, 0) is 26.3 Å². The lowest BCUT2D eigenvalue weighted by Gasteiger charge is -2.32. The maximum absolute atomic E-state index is 4.24. The number of rotatable bonds is 2. The maximum Gasteiger partial charge on any atom is 0.141 e. The number of piperidine rings is 1. The number of aromatic nitrogens is 3. The van der Waals surface area contributed by atoms with Gasteiger partial charge in [-0.1, -0.05) is 12.3 Å². The SMILES string of the molecule is CC#CCN1CCCC[C@@H]1c1ncn[nH]1. The van der Waals surface area contributed by atoms with E-state index >= 15 is 0 Å². The molecule has 80 valence electrons. The summed E-state index contributed by atoms with van der Waals surface area (Å²) < 4.78 is 0. The second-order valence-electron chi connectivity index (χ2n) is 3.78. The van der Waals surface area contributed by atoms with Crippen molar-refractivity contribution in [1.29, 1.82) is 0 Å². The molecule has 0 bridgehead atoms. The zero-order valence-corrected chi connectivity index (χ0v) is 9.03. The Balaban J connectivity index is 2.08. The van der Waals surface area contributed by atoms with Crippen LogP contribution in [0.5, 0.6) is 0 Å². The Hall–Kier alpha value is -1.34. The van der Waals surface area contributed by atoms with Crippen molar-refractivity contribution in [3.63, 3.8) is 0 Å². The summed E-state index contributed by atoms with van der Waals surface area (Å²) in [5.41, 5.74) is 0. The molecule has 1 aliphatic heterocycles. The summed E-state index contributed by atoms with van der Waals surface area (Å²) in [5.74, 6) is 7.05. The zero-order valence-electron chi connectivity index (χ0n) is 9.03. The summed E-state index contributed by atoms with van der Waals surface area (Å²) in [7, 11) is 0. The van der Waals surface area contributed by atoms with Crippen LogP contribution in [0.3, 0.4) is 0 Å². The molecule has 0 radical (unpaired) electrons. The van der Waals surface area contributed by atoms with Crippen LogP contribution < -0.4 is 0 Å². The van der Waals surface area contributed by atoms with Gasteiger partial charge in [-0.15, -0.1) is 5.92 Å². The van der Waals surface area contributed by atoms with E-state index in [1.54, 1.807) is 6.33 Å². The molecule has 0 aliphatic carbocycles. The van der Waals surface area contributed by atoms with Crippen molar-refractivity contribution in [2.24, 2.45) is 0 Å². The normalized spacial score (nSPS) is 22.1. The molecule has 0 spiro atoms. The fourth-order valence-electron chi connectivity index (χ4n) is 2.05. The minimum Gasteiger partial charge on any atom is -0.282 e. The lowest BCUT2D eigenvalue weighted by Crippen LogP contribution is -2.34. The highest BCUT2D eigenvalue weighted by Gasteiger charge is 2.24. The van der Waals surface area contributed by atoms with Crippen molar-refractivity contribution in [2.45, 2.75) is 32.2 Å². The van der Waals surface area contributed by atoms with Gasteiger partial charge in [0, 0.05) is 0 Å². The summed E-state index contributed by atoms with van der Waals surface area (Å²) in [6.45, 7) is 3.83. The van der Waals surface area contributed by atoms with Gasteiger partial charge < -0.3 is 0 Å². The zero-order chi connectivity index (χ0) is 10.5. The van der Waals surface area contributed by atoms with Crippen LogP contribution in [0.4, 0.5) is 0 Å². The Morgan fingerprint density at radius 3 is 3.27 bits per heavy atom. The third-order valence-corrected chi connectivity index (χ3v) is 2.82. The van der Waals surface area contributed by atoms with Crippen LogP contribution in [0, 0.1) is 11.8 Å². The highest BCUT2D eigenvalue weighted by atomic mass is 15.3. The van der Waals surface area contributed by atoms with Gasteiger partial charge in [-0.3, -0.25) is 10.00 Å². The van der Waals surface area contributed by atoms with E-state index in [0.29, 0.717) is 6.04 Å². The molecule has 1 aliphatic rings. The molecule has 1 aromatic heterocycles. The molecule has 1 saturated heterocycles. The fraction of sp³-hybridized carbons (Fsp3) is 0.636. The van der Waals surface area contributed by atoms with Crippen LogP contribution in [0.1, 0.15) is 38.1 Å². The van der Waals surface area contributed by atoms with E-state index in [1.165, 1.54) is 12.8 Å². The first-order valence-electron chi connectivity index (χ1n) is 5.40. The van der Waals surface area contributed by atoms with E-state index in [0.717, 1.165) is 25.3 Å². The Kier molecular flexibility index (Phi) is 3.36. The molecule has 0 aromatic carbocycles. The molecule has 0 unspecified atom stereocenters. The van der Waals surface area contributed by atoms with Crippen LogP contribution >= 0.6 is 0 Å². The first kappa shape index (κ1) is 10.2. The molecule has 2 heterocycles. The van der Waals surface area contributed by atoms with E-state index in [9.17, 15) is 0 Å². The predicted octanol–water partition coefficient (Wildman–Crippen LogP) is 1.35. The van der Waals surface area contributed by atoms with Gasteiger partial charge >= 0.3 is 0 Å². The fourth-order valence-corrected chi connectivity index (χ4v) is 2.05. The number of H-pyrrole nitrogens is 1. The van der Waals surface area contributed by atoms with Crippen molar-refractivity contribution in [1.82, 2.24) is 20.1 Å². The Labute approximate surface area is 90.1 Å². The Morgan fingerprint density at radius 1 is 1.60 bits per heavy atom. The van der Waals surface area contributed by atoms with Gasteiger partial charge in [-0.25, -0.2) is 4.98 Å². The van der Waals surface area contributed by atoms with Gasteiger partial charge in [0.05, 0.1) is 12.6 Å². The van der Waals surface area contributed by atoms with Crippen LogP contribution in [0.25, 0.3) is 0 Å². The molecule has 0 saturated carbocycles. The van der Waals surface area contributed by atoms with Crippen LogP contribution in [-0.4, -0.2) is 33.2 Å².